The Morgan fingerprint density at radius 2 is 1.90 bits per heavy atom. The minimum atomic E-state index is -0.114. The van der Waals surface area contributed by atoms with Crippen molar-refractivity contribution in [2.24, 2.45) is 0 Å². The summed E-state index contributed by atoms with van der Waals surface area (Å²) in [6.45, 7) is 1.19. The van der Waals surface area contributed by atoms with Gasteiger partial charge in [0.25, 0.3) is 5.91 Å². The molecule has 5 rings (SSSR count). The van der Waals surface area contributed by atoms with Crippen molar-refractivity contribution in [1.82, 2.24) is 15.1 Å². The second-order valence-electron chi connectivity index (χ2n) is 7.34. The van der Waals surface area contributed by atoms with Crippen LogP contribution in [-0.2, 0) is 0 Å². The standard InChI is InChI=1S/C23H21N3O4/c1-28-19-8-4-6-15-13-20(30-21(15)19)23(27)26-11-9-17(10-12-26)29-22-18-7-3-2-5-16(18)14-24-25-22/h2-8,13-14,17H,9-12H2,1H3. The highest BCUT2D eigenvalue weighted by atomic mass is 16.5. The summed E-state index contributed by atoms with van der Waals surface area (Å²) in [5.74, 6) is 1.38. The van der Waals surface area contributed by atoms with Crippen molar-refractivity contribution >= 4 is 27.6 Å². The lowest BCUT2D eigenvalue weighted by Crippen LogP contribution is -2.41. The quantitative estimate of drug-likeness (QED) is 0.511. The Bertz CT molecular complexity index is 1210. The van der Waals surface area contributed by atoms with Crippen molar-refractivity contribution in [2.75, 3.05) is 20.2 Å². The highest BCUT2D eigenvalue weighted by Gasteiger charge is 2.27. The van der Waals surface area contributed by atoms with E-state index in [0.717, 1.165) is 29.0 Å². The molecule has 7 heteroatoms. The number of ether oxygens (including phenoxy) is 2. The molecular weight excluding hydrogens is 382 g/mol. The van der Waals surface area contributed by atoms with Crippen LogP contribution in [0.3, 0.4) is 0 Å². The van der Waals surface area contributed by atoms with Gasteiger partial charge in [-0.15, -0.1) is 5.10 Å². The molecule has 0 aliphatic carbocycles. The van der Waals surface area contributed by atoms with Crippen LogP contribution in [-0.4, -0.2) is 47.3 Å². The number of hydrogen-bond acceptors (Lipinski definition) is 6. The molecule has 0 bridgehead atoms. The normalized spacial score (nSPS) is 14.9. The molecule has 0 atom stereocenters. The first-order valence-electron chi connectivity index (χ1n) is 9.96. The third-order valence-corrected chi connectivity index (χ3v) is 5.48. The van der Waals surface area contributed by atoms with Gasteiger partial charge in [-0.1, -0.05) is 30.3 Å². The fourth-order valence-electron chi connectivity index (χ4n) is 3.88. The van der Waals surface area contributed by atoms with Crippen molar-refractivity contribution in [2.45, 2.75) is 18.9 Å². The zero-order valence-electron chi connectivity index (χ0n) is 16.6. The topological polar surface area (TPSA) is 77.7 Å². The number of methoxy groups -OCH3 is 1. The number of amides is 1. The lowest BCUT2D eigenvalue weighted by molar-refractivity contribution is 0.0562. The molecule has 3 heterocycles. The number of carbonyl (C=O) groups is 1. The third-order valence-electron chi connectivity index (χ3n) is 5.48. The van der Waals surface area contributed by atoms with E-state index in [2.05, 4.69) is 10.2 Å². The molecule has 1 aliphatic heterocycles. The summed E-state index contributed by atoms with van der Waals surface area (Å²) in [5, 5.41) is 11.0. The van der Waals surface area contributed by atoms with Gasteiger partial charge in [-0.25, -0.2) is 0 Å². The van der Waals surface area contributed by atoms with Crippen LogP contribution in [0.5, 0.6) is 11.6 Å². The Balaban J connectivity index is 1.27. The molecule has 1 aliphatic rings. The molecule has 1 amide bonds. The molecule has 30 heavy (non-hydrogen) atoms. The first-order valence-corrected chi connectivity index (χ1v) is 9.96. The highest BCUT2D eigenvalue weighted by Crippen LogP contribution is 2.30. The first kappa shape index (κ1) is 18.4. The predicted molar refractivity (Wildman–Crippen MR) is 112 cm³/mol. The summed E-state index contributed by atoms with van der Waals surface area (Å²) in [6, 6.07) is 15.3. The molecule has 1 saturated heterocycles. The van der Waals surface area contributed by atoms with Gasteiger partial charge in [0.2, 0.25) is 5.88 Å². The molecule has 1 fully saturated rings. The van der Waals surface area contributed by atoms with Crippen LogP contribution in [0.15, 0.2) is 59.1 Å². The van der Waals surface area contributed by atoms with E-state index in [9.17, 15) is 4.79 Å². The van der Waals surface area contributed by atoms with Crippen LogP contribution in [0.25, 0.3) is 21.7 Å². The van der Waals surface area contributed by atoms with Crippen molar-refractivity contribution in [3.63, 3.8) is 0 Å². The molecular formula is C23H21N3O4. The van der Waals surface area contributed by atoms with Gasteiger partial charge < -0.3 is 18.8 Å². The van der Waals surface area contributed by atoms with E-state index in [0.29, 0.717) is 36.1 Å². The number of rotatable bonds is 4. The summed E-state index contributed by atoms with van der Waals surface area (Å²) in [7, 11) is 1.59. The van der Waals surface area contributed by atoms with Gasteiger partial charge in [0.1, 0.15) is 6.10 Å². The van der Waals surface area contributed by atoms with Crippen LogP contribution in [0.2, 0.25) is 0 Å². The Morgan fingerprint density at radius 3 is 2.73 bits per heavy atom. The van der Waals surface area contributed by atoms with Crippen LogP contribution in [0.1, 0.15) is 23.4 Å². The number of aromatic nitrogens is 2. The summed E-state index contributed by atoms with van der Waals surface area (Å²) in [6.07, 6.45) is 3.16. The van der Waals surface area contributed by atoms with Crippen molar-refractivity contribution < 1.29 is 18.7 Å². The zero-order chi connectivity index (χ0) is 20.5. The number of piperidine rings is 1. The molecule has 7 nitrogen and oxygen atoms in total. The van der Waals surface area contributed by atoms with Crippen molar-refractivity contribution in [3.8, 4) is 11.6 Å². The summed E-state index contributed by atoms with van der Waals surface area (Å²) in [4.78, 5) is 14.7. The number of nitrogens with zero attached hydrogens (tertiary/aromatic N) is 3. The molecule has 0 unspecified atom stereocenters. The molecule has 0 saturated carbocycles. The molecule has 2 aromatic carbocycles. The maximum Gasteiger partial charge on any atom is 0.289 e. The van der Waals surface area contributed by atoms with Crippen LogP contribution in [0, 0.1) is 0 Å². The number of likely N-dealkylation sites (tertiary alicyclic amines) is 1. The van der Waals surface area contributed by atoms with Gasteiger partial charge in [0, 0.05) is 42.1 Å². The lowest BCUT2D eigenvalue weighted by Gasteiger charge is -2.31. The number of furan rings is 1. The van der Waals surface area contributed by atoms with E-state index in [4.69, 9.17) is 13.9 Å². The maximum absolute atomic E-state index is 12.9. The number of hydrogen-bond donors (Lipinski definition) is 0. The number of benzene rings is 2. The Morgan fingerprint density at radius 1 is 1.10 bits per heavy atom. The van der Waals surface area contributed by atoms with E-state index >= 15 is 0 Å². The van der Waals surface area contributed by atoms with Crippen LogP contribution >= 0.6 is 0 Å². The van der Waals surface area contributed by atoms with Crippen molar-refractivity contribution in [3.05, 3.63) is 60.5 Å². The molecule has 4 aromatic rings. The average Bonchev–Trinajstić information content (AvgIpc) is 3.24. The monoisotopic (exact) mass is 403 g/mol. The molecule has 0 radical (unpaired) electrons. The SMILES string of the molecule is COc1cccc2cc(C(=O)N3CCC(Oc4nncc5ccccc45)CC3)oc12. The Hall–Kier alpha value is -3.61. The predicted octanol–water partition coefficient (Wildman–Crippen LogP) is 4.07. The van der Waals surface area contributed by atoms with E-state index in [1.165, 1.54) is 0 Å². The second-order valence-corrected chi connectivity index (χ2v) is 7.34. The van der Waals surface area contributed by atoms with E-state index in [-0.39, 0.29) is 12.0 Å². The largest absolute Gasteiger partial charge is 0.493 e. The van der Waals surface area contributed by atoms with Crippen LogP contribution < -0.4 is 9.47 Å². The Kier molecular flexibility index (Phi) is 4.71. The average molecular weight is 403 g/mol. The zero-order valence-corrected chi connectivity index (χ0v) is 16.6. The van der Waals surface area contributed by atoms with E-state index in [1.54, 1.807) is 24.3 Å². The fourth-order valence-corrected chi connectivity index (χ4v) is 3.88. The Labute approximate surface area is 173 Å². The smallest absolute Gasteiger partial charge is 0.289 e. The van der Waals surface area contributed by atoms with Gasteiger partial charge in [-0.2, -0.15) is 5.10 Å². The van der Waals surface area contributed by atoms with Gasteiger partial charge in [0.15, 0.2) is 17.1 Å². The number of fused-ring (bicyclic) bond motifs is 2. The maximum atomic E-state index is 12.9. The summed E-state index contributed by atoms with van der Waals surface area (Å²) in [5.41, 5.74) is 0.594. The minimum Gasteiger partial charge on any atom is -0.493 e. The van der Waals surface area contributed by atoms with E-state index in [1.807, 2.05) is 42.5 Å². The molecule has 0 spiro atoms. The van der Waals surface area contributed by atoms with E-state index < -0.39 is 0 Å². The first-order chi connectivity index (χ1) is 14.7. The highest BCUT2D eigenvalue weighted by molar-refractivity contribution is 5.97. The number of carbonyl (C=O) groups excluding carboxylic acids is 1. The van der Waals surface area contributed by atoms with Gasteiger partial charge >= 0.3 is 0 Å². The fraction of sp³-hybridized carbons (Fsp3) is 0.261. The van der Waals surface area contributed by atoms with Crippen molar-refractivity contribution in [1.29, 1.82) is 0 Å². The molecule has 152 valence electrons. The number of para-hydroxylation sites is 1. The van der Waals surface area contributed by atoms with Gasteiger partial charge in [-0.3, -0.25) is 4.79 Å². The minimum absolute atomic E-state index is 0.00933. The third kappa shape index (κ3) is 3.32. The molecule has 2 aromatic heterocycles. The summed E-state index contributed by atoms with van der Waals surface area (Å²) < 4.78 is 17.3. The second kappa shape index (κ2) is 7.67. The molecule has 0 N–H and O–H groups in total. The van der Waals surface area contributed by atoms with Gasteiger partial charge in [0.05, 0.1) is 13.3 Å². The lowest BCUT2D eigenvalue weighted by atomic mass is 10.1. The van der Waals surface area contributed by atoms with Crippen LogP contribution in [0.4, 0.5) is 0 Å². The summed E-state index contributed by atoms with van der Waals surface area (Å²) >= 11 is 0. The van der Waals surface area contributed by atoms with Gasteiger partial charge in [-0.05, 0) is 18.2 Å².